The lowest BCUT2D eigenvalue weighted by molar-refractivity contribution is -0.132. The lowest BCUT2D eigenvalue weighted by Gasteiger charge is -2.31. The minimum atomic E-state index is -0.136. The van der Waals surface area contributed by atoms with Crippen LogP contribution in [0.4, 0.5) is 5.69 Å². The molecule has 2 rings (SSSR count). The molecule has 1 N–H and O–H groups in total. The number of aromatic nitrogens is 2. The molecule has 1 aromatic rings. The molecule has 0 radical (unpaired) electrons. The molecule has 0 aliphatic carbocycles. The Balaban J connectivity index is 1.87. The monoisotopic (exact) mass is 307 g/mol. The van der Waals surface area contributed by atoms with E-state index in [0.717, 1.165) is 32.5 Å². The number of likely N-dealkylation sites (tertiary alicyclic amines) is 1. The topological polar surface area (TPSA) is 70.5 Å². The third-order valence-corrected chi connectivity index (χ3v) is 3.91. The van der Waals surface area contributed by atoms with Crippen molar-refractivity contribution in [2.45, 2.75) is 26.3 Å². The third-order valence-electron chi connectivity index (χ3n) is 3.91. The van der Waals surface area contributed by atoms with E-state index in [1.165, 1.54) is 0 Å². The molecule has 0 spiro atoms. The molecule has 7 heteroatoms. The van der Waals surface area contributed by atoms with Crippen molar-refractivity contribution in [1.82, 2.24) is 19.6 Å². The number of nitrogens with one attached hydrogen (secondary N) is 1. The molecular formula is C15H25N5O2. The van der Waals surface area contributed by atoms with Crippen molar-refractivity contribution in [3.05, 3.63) is 12.4 Å². The van der Waals surface area contributed by atoms with Gasteiger partial charge in [0.05, 0.1) is 24.3 Å². The van der Waals surface area contributed by atoms with Crippen LogP contribution in [0.1, 0.15) is 19.8 Å². The van der Waals surface area contributed by atoms with Crippen molar-refractivity contribution in [3.8, 4) is 0 Å². The highest BCUT2D eigenvalue weighted by atomic mass is 16.2. The lowest BCUT2D eigenvalue weighted by Crippen LogP contribution is -2.42. The molecule has 1 aliphatic rings. The van der Waals surface area contributed by atoms with Crippen molar-refractivity contribution in [2.75, 3.05) is 39.0 Å². The van der Waals surface area contributed by atoms with Gasteiger partial charge in [-0.2, -0.15) is 5.10 Å². The lowest BCUT2D eigenvalue weighted by atomic mass is 9.97. The second kappa shape index (κ2) is 7.40. The van der Waals surface area contributed by atoms with Crippen molar-refractivity contribution >= 4 is 17.5 Å². The Morgan fingerprint density at radius 2 is 2.23 bits per heavy atom. The van der Waals surface area contributed by atoms with Crippen LogP contribution in [0, 0.1) is 5.92 Å². The Morgan fingerprint density at radius 3 is 2.91 bits per heavy atom. The summed E-state index contributed by atoms with van der Waals surface area (Å²) >= 11 is 0. The summed E-state index contributed by atoms with van der Waals surface area (Å²) in [6.07, 6.45) is 5.20. The fourth-order valence-corrected chi connectivity index (χ4v) is 2.57. The largest absolute Gasteiger partial charge is 0.342 e. The van der Waals surface area contributed by atoms with Crippen LogP contribution < -0.4 is 5.32 Å². The SMILES string of the molecule is CC(=O)N1CCC[C@H](C(=O)Nc2cnn(CCN(C)C)c2)C1. The number of anilines is 1. The number of carbonyl (C=O) groups excluding carboxylic acids is 2. The highest BCUT2D eigenvalue weighted by Gasteiger charge is 2.27. The van der Waals surface area contributed by atoms with Gasteiger partial charge in [0, 0.05) is 32.8 Å². The van der Waals surface area contributed by atoms with Crippen molar-refractivity contribution in [2.24, 2.45) is 5.92 Å². The van der Waals surface area contributed by atoms with E-state index in [-0.39, 0.29) is 17.7 Å². The molecule has 0 aromatic carbocycles. The Hall–Kier alpha value is -1.89. The van der Waals surface area contributed by atoms with Gasteiger partial charge in [-0.1, -0.05) is 0 Å². The fourth-order valence-electron chi connectivity index (χ4n) is 2.57. The van der Waals surface area contributed by atoms with E-state index >= 15 is 0 Å². The summed E-state index contributed by atoms with van der Waals surface area (Å²) in [5.74, 6) is -0.130. The summed E-state index contributed by atoms with van der Waals surface area (Å²) in [6.45, 7) is 4.49. The van der Waals surface area contributed by atoms with E-state index in [9.17, 15) is 9.59 Å². The van der Waals surface area contributed by atoms with Gasteiger partial charge in [-0.15, -0.1) is 0 Å². The van der Waals surface area contributed by atoms with E-state index < -0.39 is 0 Å². The molecule has 1 saturated heterocycles. The molecule has 122 valence electrons. The van der Waals surface area contributed by atoms with Gasteiger partial charge in [0.15, 0.2) is 0 Å². The zero-order chi connectivity index (χ0) is 16.1. The van der Waals surface area contributed by atoms with E-state index in [0.29, 0.717) is 12.2 Å². The van der Waals surface area contributed by atoms with Gasteiger partial charge in [0.2, 0.25) is 11.8 Å². The van der Waals surface area contributed by atoms with E-state index in [2.05, 4.69) is 15.3 Å². The number of nitrogens with zero attached hydrogens (tertiary/aromatic N) is 4. The summed E-state index contributed by atoms with van der Waals surface area (Å²) in [7, 11) is 4.02. The summed E-state index contributed by atoms with van der Waals surface area (Å²) < 4.78 is 1.82. The molecule has 0 bridgehead atoms. The van der Waals surface area contributed by atoms with Gasteiger partial charge in [0.1, 0.15) is 0 Å². The smallest absolute Gasteiger partial charge is 0.229 e. The summed E-state index contributed by atoms with van der Waals surface area (Å²) in [4.78, 5) is 27.6. The zero-order valence-electron chi connectivity index (χ0n) is 13.6. The average molecular weight is 307 g/mol. The number of carbonyl (C=O) groups is 2. The molecule has 2 heterocycles. The highest BCUT2D eigenvalue weighted by Crippen LogP contribution is 2.18. The van der Waals surface area contributed by atoms with Crippen molar-refractivity contribution < 1.29 is 9.59 Å². The standard InChI is InChI=1S/C15H25N5O2/c1-12(21)19-6-4-5-13(10-19)15(22)17-14-9-16-20(11-14)8-7-18(2)3/h9,11,13H,4-8,10H2,1-3H3,(H,17,22)/t13-/m0/s1. The second-order valence-electron chi connectivity index (χ2n) is 6.09. The first-order valence-corrected chi connectivity index (χ1v) is 7.69. The third kappa shape index (κ3) is 4.56. The number of piperidine rings is 1. The Kier molecular flexibility index (Phi) is 5.54. The van der Waals surface area contributed by atoms with Gasteiger partial charge in [-0.3, -0.25) is 14.3 Å². The Labute approximate surface area is 131 Å². The van der Waals surface area contributed by atoms with Gasteiger partial charge in [0.25, 0.3) is 0 Å². The molecule has 2 amide bonds. The summed E-state index contributed by atoms with van der Waals surface area (Å²) in [5, 5.41) is 7.15. The first-order chi connectivity index (χ1) is 10.5. The number of amides is 2. The van der Waals surface area contributed by atoms with Crippen molar-refractivity contribution in [1.29, 1.82) is 0 Å². The van der Waals surface area contributed by atoms with Gasteiger partial charge >= 0.3 is 0 Å². The molecule has 1 atom stereocenters. The summed E-state index contributed by atoms with van der Waals surface area (Å²) in [5.41, 5.74) is 0.712. The second-order valence-corrected chi connectivity index (χ2v) is 6.09. The van der Waals surface area contributed by atoms with Crippen LogP contribution in [0.15, 0.2) is 12.4 Å². The molecule has 1 fully saturated rings. The number of hydrogen-bond acceptors (Lipinski definition) is 4. The van der Waals surface area contributed by atoms with Crippen LogP contribution in [-0.2, 0) is 16.1 Å². The van der Waals surface area contributed by atoms with Crippen LogP contribution in [-0.4, -0.2) is 65.1 Å². The number of likely N-dealkylation sites (N-methyl/N-ethyl adjacent to an activating group) is 1. The number of rotatable bonds is 5. The number of hydrogen-bond donors (Lipinski definition) is 1. The maximum Gasteiger partial charge on any atom is 0.229 e. The molecule has 1 aliphatic heterocycles. The van der Waals surface area contributed by atoms with Crippen LogP contribution in [0.25, 0.3) is 0 Å². The van der Waals surface area contributed by atoms with Crippen LogP contribution in [0.5, 0.6) is 0 Å². The molecular weight excluding hydrogens is 282 g/mol. The van der Waals surface area contributed by atoms with Gasteiger partial charge in [-0.25, -0.2) is 0 Å². The van der Waals surface area contributed by atoms with Gasteiger partial charge in [-0.05, 0) is 26.9 Å². The molecule has 22 heavy (non-hydrogen) atoms. The Bertz CT molecular complexity index is 526. The van der Waals surface area contributed by atoms with E-state index in [1.54, 1.807) is 18.0 Å². The first kappa shape index (κ1) is 16.5. The van der Waals surface area contributed by atoms with E-state index in [1.807, 2.05) is 25.0 Å². The zero-order valence-corrected chi connectivity index (χ0v) is 13.6. The highest BCUT2D eigenvalue weighted by molar-refractivity contribution is 5.92. The summed E-state index contributed by atoms with van der Waals surface area (Å²) in [6, 6.07) is 0. The first-order valence-electron chi connectivity index (χ1n) is 7.69. The van der Waals surface area contributed by atoms with Gasteiger partial charge < -0.3 is 15.1 Å². The molecule has 7 nitrogen and oxygen atoms in total. The maximum absolute atomic E-state index is 12.3. The molecule has 0 unspecified atom stereocenters. The van der Waals surface area contributed by atoms with Crippen molar-refractivity contribution in [3.63, 3.8) is 0 Å². The van der Waals surface area contributed by atoms with Crippen LogP contribution in [0.2, 0.25) is 0 Å². The molecule has 1 aromatic heterocycles. The molecule has 0 saturated carbocycles. The minimum absolute atomic E-state index is 0.0295. The fraction of sp³-hybridized carbons (Fsp3) is 0.667. The normalized spacial score (nSPS) is 18.5. The average Bonchev–Trinajstić information content (AvgIpc) is 2.92. The van der Waals surface area contributed by atoms with Crippen LogP contribution >= 0.6 is 0 Å². The predicted octanol–water partition coefficient (Wildman–Crippen LogP) is 0.642. The van der Waals surface area contributed by atoms with E-state index in [4.69, 9.17) is 0 Å². The minimum Gasteiger partial charge on any atom is -0.342 e. The van der Waals surface area contributed by atoms with Crippen LogP contribution in [0.3, 0.4) is 0 Å². The maximum atomic E-state index is 12.3. The predicted molar refractivity (Wildman–Crippen MR) is 84.4 cm³/mol. The quantitative estimate of drug-likeness (QED) is 0.867. The Morgan fingerprint density at radius 1 is 1.45 bits per heavy atom.